The number of rotatable bonds is 0. The quantitative estimate of drug-likeness (QED) is 0.491. The molecule has 1 aliphatic rings. The molecule has 1 aromatic rings. The molecule has 0 aromatic carbocycles. The average molecular weight is 166 g/mol. The summed E-state index contributed by atoms with van der Waals surface area (Å²) in [6.45, 7) is 0. The van der Waals surface area contributed by atoms with Gasteiger partial charge in [-0.1, -0.05) is 0 Å². The fraction of sp³-hybridized carbons (Fsp3) is 0.429. The largest absolute Gasteiger partial charge is 0.322 e. The van der Waals surface area contributed by atoms with Crippen LogP contribution in [0.25, 0.3) is 0 Å². The van der Waals surface area contributed by atoms with Gasteiger partial charge in [-0.05, 0) is 12.8 Å². The average Bonchev–Trinajstić information content (AvgIpc) is 2.43. The van der Waals surface area contributed by atoms with Crippen molar-refractivity contribution < 1.29 is 4.79 Å². The van der Waals surface area contributed by atoms with E-state index >= 15 is 0 Å². The standard InChI is InChI=1S/C7H10N4O/c8-4-1-2-5-6(3-9-11-5)10-7(4)12/h3-4H,1-2,8H2,(H,9,11)(H,10,12). The summed E-state index contributed by atoms with van der Waals surface area (Å²) in [6, 6.07) is -0.397. The summed E-state index contributed by atoms with van der Waals surface area (Å²) in [6.07, 6.45) is 3.04. The van der Waals surface area contributed by atoms with Crippen molar-refractivity contribution in [3.63, 3.8) is 0 Å². The highest BCUT2D eigenvalue weighted by Gasteiger charge is 2.20. The van der Waals surface area contributed by atoms with Crippen molar-refractivity contribution in [1.82, 2.24) is 10.2 Å². The van der Waals surface area contributed by atoms with Crippen LogP contribution in [0.5, 0.6) is 0 Å². The molecule has 5 heteroatoms. The van der Waals surface area contributed by atoms with Gasteiger partial charge in [0.2, 0.25) is 5.91 Å². The summed E-state index contributed by atoms with van der Waals surface area (Å²) in [7, 11) is 0. The van der Waals surface area contributed by atoms with Gasteiger partial charge in [-0.15, -0.1) is 0 Å². The van der Waals surface area contributed by atoms with Gasteiger partial charge in [0.15, 0.2) is 0 Å². The van der Waals surface area contributed by atoms with E-state index in [0.717, 1.165) is 17.8 Å². The number of nitrogens with two attached hydrogens (primary N) is 1. The molecule has 64 valence electrons. The van der Waals surface area contributed by atoms with E-state index in [1.54, 1.807) is 6.20 Å². The molecule has 2 heterocycles. The Morgan fingerprint density at radius 3 is 3.33 bits per heavy atom. The number of nitrogens with zero attached hydrogens (tertiary/aromatic N) is 1. The summed E-state index contributed by atoms with van der Waals surface area (Å²) < 4.78 is 0. The van der Waals surface area contributed by atoms with Crippen molar-refractivity contribution in [2.45, 2.75) is 18.9 Å². The number of H-pyrrole nitrogens is 1. The van der Waals surface area contributed by atoms with Crippen LogP contribution in [0.3, 0.4) is 0 Å². The number of aryl methyl sites for hydroxylation is 1. The molecule has 12 heavy (non-hydrogen) atoms. The first-order valence-electron chi connectivity index (χ1n) is 3.86. The molecule has 4 N–H and O–H groups in total. The van der Waals surface area contributed by atoms with Crippen molar-refractivity contribution >= 4 is 11.6 Å². The van der Waals surface area contributed by atoms with Gasteiger partial charge in [0.1, 0.15) is 0 Å². The molecule has 1 atom stereocenters. The van der Waals surface area contributed by atoms with E-state index in [9.17, 15) is 4.79 Å². The number of hydrogen-bond donors (Lipinski definition) is 3. The van der Waals surface area contributed by atoms with E-state index in [-0.39, 0.29) is 5.91 Å². The molecule has 1 aliphatic heterocycles. The van der Waals surface area contributed by atoms with Gasteiger partial charge in [0, 0.05) is 0 Å². The molecule has 1 aromatic heterocycles. The van der Waals surface area contributed by atoms with E-state index < -0.39 is 6.04 Å². The Kier molecular flexibility index (Phi) is 1.58. The predicted octanol–water partition coefficient (Wildman–Crippen LogP) is -0.378. The van der Waals surface area contributed by atoms with E-state index in [2.05, 4.69) is 15.5 Å². The first-order valence-corrected chi connectivity index (χ1v) is 3.86. The fourth-order valence-electron chi connectivity index (χ4n) is 1.27. The Labute approximate surface area is 69.3 Å². The van der Waals surface area contributed by atoms with Crippen LogP contribution in [-0.4, -0.2) is 22.1 Å². The van der Waals surface area contributed by atoms with Gasteiger partial charge in [-0.2, -0.15) is 5.10 Å². The molecule has 0 bridgehead atoms. The highest BCUT2D eigenvalue weighted by molar-refractivity contribution is 5.95. The van der Waals surface area contributed by atoms with Crippen LogP contribution in [0.4, 0.5) is 5.69 Å². The van der Waals surface area contributed by atoms with E-state index in [4.69, 9.17) is 5.73 Å². The van der Waals surface area contributed by atoms with Crippen LogP contribution in [0.15, 0.2) is 6.20 Å². The number of carbonyl (C=O) groups excluding carboxylic acids is 1. The van der Waals surface area contributed by atoms with Gasteiger partial charge in [-0.3, -0.25) is 9.89 Å². The van der Waals surface area contributed by atoms with Crippen molar-refractivity contribution in [3.8, 4) is 0 Å². The van der Waals surface area contributed by atoms with Gasteiger partial charge < -0.3 is 11.1 Å². The first-order chi connectivity index (χ1) is 5.77. The first kappa shape index (κ1) is 7.30. The smallest absolute Gasteiger partial charge is 0.241 e. The number of aromatic nitrogens is 2. The van der Waals surface area contributed by atoms with Crippen LogP contribution in [0.1, 0.15) is 12.1 Å². The zero-order chi connectivity index (χ0) is 8.55. The Balaban J connectivity index is 2.30. The van der Waals surface area contributed by atoms with Gasteiger partial charge in [-0.25, -0.2) is 0 Å². The summed E-state index contributed by atoms with van der Waals surface area (Å²) in [5.41, 5.74) is 7.28. The van der Waals surface area contributed by atoms with Crippen molar-refractivity contribution in [1.29, 1.82) is 0 Å². The minimum atomic E-state index is -0.397. The molecule has 0 spiro atoms. The molecular formula is C7H10N4O. The third-order valence-corrected chi connectivity index (χ3v) is 2.02. The van der Waals surface area contributed by atoms with Gasteiger partial charge in [0.05, 0.1) is 23.6 Å². The van der Waals surface area contributed by atoms with Gasteiger partial charge >= 0.3 is 0 Å². The molecule has 0 radical (unpaired) electrons. The number of hydrogen-bond acceptors (Lipinski definition) is 3. The lowest BCUT2D eigenvalue weighted by atomic mass is 10.1. The summed E-state index contributed by atoms with van der Waals surface area (Å²) in [5, 5.41) is 9.34. The van der Waals surface area contributed by atoms with E-state index in [1.807, 2.05) is 0 Å². The zero-order valence-electron chi connectivity index (χ0n) is 6.50. The number of aromatic amines is 1. The Bertz CT molecular complexity index is 306. The number of fused-ring (bicyclic) bond motifs is 1. The monoisotopic (exact) mass is 166 g/mol. The maximum atomic E-state index is 11.2. The van der Waals surface area contributed by atoms with Crippen LogP contribution >= 0.6 is 0 Å². The molecule has 0 saturated heterocycles. The van der Waals surface area contributed by atoms with Gasteiger partial charge in [0.25, 0.3) is 0 Å². The summed E-state index contributed by atoms with van der Waals surface area (Å²) in [5.74, 6) is -0.129. The number of nitrogens with one attached hydrogen (secondary N) is 2. The van der Waals surface area contributed by atoms with Crippen LogP contribution in [-0.2, 0) is 11.2 Å². The van der Waals surface area contributed by atoms with Crippen molar-refractivity contribution in [2.75, 3.05) is 5.32 Å². The molecular weight excluding hydrogens is 156 g/mol. The minimum Gasteiger partial charge on any atom is -0.322 e. The molecule has 0 aliphatic carbocycles. The minimum absolute atomic E-state index is 0.129. The third-order valence-electron chi connectivity index (χ3n) is 2.02. The van der Waals surface area contributed by atoms with Crippen LogP contribution < -0.4 is 11.1 Å². The lowest BCUT2D eigenvalue weighted by Gasteiger charge is -2.04. The molecule has 0 saturated carbocycles. The highest BCUT2D eigenvalue weighted by Crippen LogP contribution is 2.17. The lowest BCUT2D eigenvalue weighted by Crippen LogP contribution is -2.34. The second-order valence-electron chi connectivity index (χ2n) is 2.90. The Morgan fingerprint density at radius 2 is 2.50 bits per heavy atom. The number of carbonyl (C=O) groups is 1. The molecule has 5 nitrogen and oxygen atoms in total. The zero-order valence-corrected chi connectivity index (χ0v) is 6.50. The molecule has 2 rings (SSSR count). The van der Waals surface area contributed by atoms with Crippen LogP contribution in [0, 0.1) is 0 Å². The molecule has 1 amide bonds. The van der Waals surface area contributed by atoms with Crippen molar-refractivity contribution in [3.05, 3.63) is 11.9 Å². The summed E-state index contributed by atoms with van der Waals surface area (Å²) in [4.78, 5) is 11.2. The summed E-state index contributed by atoms with van der Waals surface area (Å²) >= 11 is 0. The van der Waals surface area contributed by atoms with Crippen molar-refractivity contribution in [2.24, 2.45) is 5.73 Å². The van der Waals surface area contributed by atoms with Crippen LogP contribution in [0.2, 0.25) is 0 Å². The normalized spacial score (nSPS) is 22.8. The fourth-order valence-corrected chi connectivity index (χ4v) is 1.27. The highest BCUT2D eigenvalue weighted by atomic mass is 16.2. The lowest BCUT2D eigenvalue weighted by molar-refractivity contribution is -0.117. The number of amides is 1. The SMILES string of the molecule is NC1CCc2[nH]ncc2NC1=O. The second kappa shape index (κ2) is 2.60. The Morgan fingerprint density at radius 1 is 1.67 bits per heavy atom. The predicted molar refractivity (Wildman–Crippen MR) is 43.5 cm³/mol. The second-order valence-corrected chi connectivity index (χ2v) is 2.90. The molecule has 0 fully saturated rings. The van der Waals surface area contributed by atoms with E-state index in [1.165, 1.54) is 0 Å². The maximum Gasteiger partial charge on any atom is 0.241 e. The maximum absolute atomic E-state index is 11.2. The number of anilines is 1. The van der Waals surface area contributed by atoms with E-state index in [0.29, 0.717) is 6.42 Å². The third kappa shape index (κ3) is 1.08. The molecule has 1 unspecified atom stereocenters. The Hall–Kier alpha value is -1.36. The topological polar surface area (TPSA) is 83.8 Å².